The highest BCUT2D eigenvalue weighted by Gasteiger charge is 2.15. The molecule has 88 valence electrons. The van der Waals surface area contributed by atoms with Crippen LogP contribution in [0.3, 0.4) is 0 Å². The lowest BCUT2D eigenvalue weighted by molar-refractivity contribution is 0.382. The molecule has 0 radical (unpaired) electrons. The largest absolute Gasteiger partial charge is 0.496 e. The molecule has 5 heteroatoms. The molecule has 0 aliphatic heterocycles. The van der Waals surface area contributed by atoms with Gasteiger partial charge in [-0.15, -0.1) is 5.11 Å². The van der Waals surface area contributed by atoms with Crippen molar-refractivity contribution < 1.29 is 9.47 Å². The van der Waals surface area contributed by atoms with Crippen molar-refractivity contribution in [1.82, 2.24) is 0 Å². The van der Waals surface area contributed by atoms with Gasteiger partial charge in [-0.05, 0) is 5.92 Å². The molecule has 16 heavy (non-hydrogen) atoms. The molecule has 1 aromatic carbocycles. The predicted octanol–water partition coefficient (Wildman–Crippen LogP) is 2.78. The smallest absolute Gasteiger partial charge is 0.128 e. The zero-order chi connectivity index (χ0) is 12.1. The minimum atomic E-state index is 0.300. The molecule has 5 nitrogen and oxygen atoms in total. The Labute approximate surface area is 95.2 Å². The van der Waals surface area contributed by atoms with Gasteiger partial charge in [-0.1, -0.05) is 19.1 Å². The van der Waals surface area contributed by atoms with Crippen LogP contribution in [0.2, 0.25) is 0 Å². The Hall–Kier alpha value is -1.78. The molecular weight excluding hydrogens is 206 g/mol. The van der Waals surface area contributed by atoms with E-state index in [9.17, 15) is 0 Å². The molecule has 0 spiro atoms. The Morgan fingerprint density at radius 1 is 1.12 bits per heavy atom. The summed E-state index contributed by atoms with van der Waals surface area (Å²) in [6.45, 7) is 4.15. The number of nitrogens with zero attached hydrogens (tertiary/aromatic N) is 2. The molecule has 0 saturated carbocycles. The molecule has 0 amide bonds. The van der Waals surface area contributed by atoms with E-state index in [2.05, 4.69) is 24.2 Å². The quantitative estimate of drug-likeness (QED) is 0.484. The maximum Gasteiger partial charge on any atom is 0.128 e. The van der Waals surface area contributed by atoms with Crippen LogP contribution in [0, 0.1) is 0 Å². The number of hydrogen-bond acceptors (Lipinski definition) is 4. The molecule has 0 atom stereocenters. The zero-order valence-corrected chi connectivity index (χ0v) is 10.0. The summed E-state index contributed by atoms with van der Waals surface area (Å²) in [5.74, 6) is 6.78. The fraction of sp³-hybridized carbons (Fsp3) is 0.455. The lowest BCUT2D eigenvalue weighted by Gasteiger charge is -2.16. The third kappa shape index (κ3) is 2.42. The minimum absolute atomic E-state index is 0.300. The highest BCUT2D eigenvalue weighted by atomic mass is 16.5. The Morgan fingerprint density at radius 3 is 1.94 bits per heavy atom. The number of hydrogen-bond donors (Lipinski definition) is 1. The summed E-state index contributed by atoms with van der Waals surface area (Å²) < 4.78 is 10.6. The first-order valence-electron chi connectivity index (χ1n) is 5.00. The molecule has 1 rings (SSSR count). The van der Waals surface area contributed by atoms with Gasteiger partial charge in [0.25, 0.3) is 0 Å². The molecule has 0 aliphatic carbocycles. The van der Waals surface area contributed by atoms with Crippen molar-refractivity contribution in [3.8, 4) is 11.5 Å². The van der Waals surface area contributed by atoms with Gasteiger partial charge in [0.1, 0.15) is 11.5 Å². The minimum Gasteiger partial charge on any atom is -0.496 e. The van der Waals surface area contributed by atoms with Crippen molar-refractivity contribution in [2.24, 2.45) is 16.2 Å². The predicted molar refractivity (Wildman–Crippen MR) is 62.3 cm³/mol. The topological polar surface area (TPSA) is 69.2 Å². The first-order valence-corrected chi connectivity index (χ1v) is 5.00. The van der Waals surface area contributed by atoms with Gasteiger partial charge >= 0.3 is 0 Å². The molecule has 2 N–H and O–H groups in total. The van der Waals surface area contributed by atoms with Crippen LogP contribution < -0.4 is 15.3 Å². The maximum absolute atomic E-state index is 5.31. The summed E-state index contributed by atoms with van der Waals surface area (Å²) in [6.07, 6.45) is 0. The molecule has 0 bridgehead atoms. The maximum atomic E-state index is 5.31. The summed E-state index contributed by atoms with van der Waals surface area (Å²) >= 11 is 0. The summed E-state index contributed by atoms with van der Waals surface area (Å²) in [6, 6.07) is 3.57. The summed E-state index contributed by atoms with van der Waals surface area (Å²) in [5, 5.41) is 7.01. The van der Waals surface area contributed by atoms with Crippen LogP contribution in [0.15, 0.2) is 22.5 Å². The second kappa shape index (κ2) is 5.34. The second-order valence-electron chi connectivity index (χ2n) is 3.63. The standard InChI is InChI=1S/C11H17N3O2/c1-7(2)11-9(15-3)5-8(13-14-12)6-10(11)16-4/h5-7H,1-4H3,(H2,12,13). The first-order chi connectivity index (χ1) is 7.63. The number of nitrogens with two attached hydrogens (primary N) is 1. The van der Waals surface area contributed by atoms with Gasteiger partial charge in [0.05, 0.1) is 19.9 Å². The van der Waals surface area contributed by atoms with Crippen LogP contribution >= 0.6 is 0 Å². The Bertz CT molecular complexity index is 364. The van der Waals surface area contributed by atoms with Crippen molar-refractivity contribution in [2.75, 3.05) is 14.2 Å². The normalized spacial score (nSPS) is 11.1. The van der Waals surface area contributed by atoms with Crippen molar-refractivity contribution in [3.05, 3.63) is 17.7 Å². The average Bonchev–Trinajstić information content (AvgIpc) is 2.27. The van der Waals surface area contributed by atoms with Crippen LogP contribution in [0.25, 0.3) is 0 Å². The van der Waals surface area contributed by atoms with Crippen LogP contribution in [0.1, 0.15) is 25.3 Å². The van der Waals surface area contributed by atoms with E-state index in [1.807, 2.05) is 0 Å². The lowest BCUT2D eigenvalue weighted by atomic mass is 10.0. The molecule has 0 unspecified atom stereocenters. The van der Waals surface area contributed by atoms with Crippen LogP contribution in [0.5, 0.6) is 11.5 Å². The van der Waals surface area contributed by atoms with Gasteiger partial charge in [-0.2, -0.15) is 0 Å². The number of rotatable bonds is 4. The monoisotopic (exact) mass is 223 g/mol. The lowest BCUT2D eigenvalue weighted by Crippen LogP contribution is -1.98. The fourth-order valence-electron chi connectivity index (χ4n) is 1.62. The van der Waals surface area contributed by atoms with Crippen LogP contribution in [-0.4, -0.2) is 14.2 Å². The molecule has 0 heterocycles. The Kier molecular flexibility index (Phi) is 4.10. The van der Waals surface area contributed by atoms with Gasteiger partial charge in [0, 0.05) is 17.7 Å². The third-order valence-electron chi connectivity index (χ3n) is 2.28. The molecule has 1 aromatic rings. The van der Waals surface area contributed by atoms with Crippen LogP contribution in [0.4, 0.5) is 5.69 Å². The number of benzene rings is 1. The molecule has 0 fully saturated rings. The van der Waals surface area contributed by atoms with Gasteiger partial charge in [-0.3, -0.25) is 0 Å². The van der Waals surface area contributed by atoms with Crippen molar-refractivity contribution in [1.29, 1.82) is 0 Å². The number of methoxy groups -OCH3 is 2. The Morgan fingerprint density at radius 2 is 1.62 bits per heavy atom. The molecular formula is C11H17N3O2. The number of ether oxygens (including phenoxy) is 2. The van der Waals surface area contributed by atoms with E-state index in [1.54, 1.807) is 26.4 Å². The van der Waals surface area contributed by atoms with Crippen molar-refractivity contribution >= 4 is 5.69 Å². The summed E-state index contributed by atoms with van der Waals surface area (Å²) in [4.78, 5) is 0. The molecule has 0 aliphatic rings. The first kappa shape index (κ1) is 12.3. The zero-order valence-electron chi connectivity index (χ0n) is 10.0. The van der Waals surface area contributed by atoms with E-state index in [0.29, 0.717) is 11.6 Å². The van der Waals surface area contributed by atoms with E-state index in [0.717, 1.165) is 17.1 Å². The van der Waals surface area contributed by atoms with Crippen molar-refractivity contribution in [2.45, 2.75) is 19.8 Å². The molecule has 0 saturated heterocycles. The van der Waals surface area contributed by atoms with E-state index in [1.165, 1.54) is 0 Å². The van der Waals surface area contributed by atoms with Gasteiger partial charge < -0.3 is 15.3 Å². The Balaban J connectivity index is 3.36. The van der Waals surface area contributed by atoms with Gasteiger partial charge in [-0.25, -0.2) is 0 Å². The highest BCUT2D eigenvalue weighted by molar-refractivity contribution is 5.57. The molecule has 0 aromatic heterocycles. The SMILES string of the molecule is COc1cc(N=NN)cc(OC)c1C(C)C. The average molecular weight is 223 g/mol. The second-order valence-corrected chi connectivity index (χ2v) is 3.63. The summed E-state index contributed by atoms with van der Waals surface area (Å²) in [5.41, 5.74) is 1.63. The van der Waals surface area contributed by atoms with E-state index < -0.39 is 0 Å². The third-order valence-corrected chi connectivity index (χ3v) is 2.28. The van der Waals surface area contributed by atoms with Gasteiger partial charge in [0.15, 0.2) is 0 Å². The van der Waals surface area contributed by atoms with E-state index >= 15 is 0 Å². The van der Waals surface area contributed by atoms with E-state index in [-0.39, 0.29) is 0 Å². The van der Waals surface area contributed by atoms with Crippen molar-refractivity contribution in [3.63, 3.8) is 0 Å². The van der Waals surface area contributed by atoms with Gasteiger partial charge in [0.2, 0.25) is 0 Å². The fourth-order valence-corrected chi connectivity index (χ4v) is 1.62. The highest BCUT2D eigenvalue weighted by Crippen LogP contribution is 2.38. The van der Waals surface area contributed by atoms with E-state index in [4.69, 9.17) is 15.3 Å². The van der Waals surface area contributed by atoms with Crippen LogP contribution in [-0.2, 0) is 0 Å². The summed E-state index contributed by atoms with van der Waals surface area (Å²) in [7, 11) is 3.23.